The second-order valence-corrected chi connectivity index (χ2v) is 19.3. The molecule has 0 fully saturated rings. The maximum Gasteiger partial charge on any atom is 0.278 e. The lowest BCUT2D eigenvalue weighted by atomic mass is 10.1. The summed E-state index contributed by atoms with van der Waals surface area (Å²) in [5, 5.41) is 2.08. The van der Waals surface area contributed by atoms with Crippen molar-refractivity contribution >= 4 is 45.3 Å². The zero-order valence-electron chi connectivity index (χ0n) is 46.3. The lowest BCUT2D eigenvalue weighted by molar-refractivity contribution is 0.359. The molecule has 10 rings (SSSR count). The van der Waals surface area contributed by atoms with Crippen molar-refractivity contribution in [3.63, 3.8) is 0 Å². The Morgan fingerprint density at radius 3 is 1.18 bits per heavy atom. The first-order valence-electron chi connectivity index (χ1n) is 26.7. The Morgan fingerprint density at radius 1 is 0.425 bits per heavy atom. The minimum absolute atomic E-state index is 0.561. The van der Waals surface area contributed by atoms with E-state index in [9.17, 15) is 4.39 Å². The maximum atomic E-state index is 12.3. The Balaban J connectivity index is 0.000000440. The van der Waals surface area contributed by atoms with Crippen molar-refractivity contribution < 1.29 is 8.81 Å². The number of aromatic amines is 5. The molecule has 0 aliphatic rings. The Bertz CT molecular complexity index is 2490. The fourth-order valence-electron chi connectivity index (χ4n) is 6.50. The van der Waals surface area contributed by atoms with Crippen LogP contribution in [0.4, 0.5) is 4.39 Å². The highest BCUT2D eigenvalue weighted by molar-refractivity contribution is 7.16. The van der Waals surface area contributed by atoms with Gasteiger partial charge < -0.3 is 29.3 Å². The third-order valence-corrected chi connectivity index (χ3v) is 14.1. The number of aryl methyl sites for hydroxylation is 3. The zero-order valence-corrected chi connectivity index (χ0v) is 49.6. The fraction of sp³-hybridized carbons (Fsp3) is 0.355. The molecule has 10 aromatic heterocycles. The summed E-state index contributed by atoms with van der Waals surface area (Å²) in [6.07, 6.45) is 22.8. The summed E-state index contributed by atoms with van der Waals surface area (Å²) in [5.74, 6) is 0. The SMILES string of the molecule is CC.CC.CC.CC.CC.CCCCCCc1ccc(-c2ccc[nH]2)s1.CCCCCc1ccc(-c2ccc[nH]2)s1.Cc1ccc(-c2ccc[nH]2)s1.Fc1cc(-c2ccc[nH]2)co1.c1c[nH]c(-c2cccs2)c1. The van der Waals surface area contributed by atoms with Gasteiger partial charge in [0.1, 0.15) is 6.26 Å². The van der Waals surface area contributed by atoms with Crippen molar-refractivity contribution in [2.24, 2.45) is 0 Å². The van der Waals surface area contributed by atoms with Gasteiger partial charge in [0.2, 0.25) is 0 Å². The average molecular weight is 1070 g/mol. The van der Waals surface area contributed by atoms with E-state index >= 15 is 0 Å². The van der Waals surface area contributed by atoms with Gasteiger partial charge in [-0.1, -0.05) is 121 Å². The smallest absolute Gasteiger partial charge is 0.278 e. The Kier molecular flexibility index (Phi) is 38.4. The number of furan rings is 1. The van der Waals surface area contributed by atoms with E-state index in [-0.39, 0.29) is 0 Å². The molecule has 398 valence electrons. The fourth-order valence-corrected chi connectivity index (χ4v) is 10.1. The minimum Gasteiger partial charge on any atom is -0.439 e. The summed E-state index contributed by atoms with van der Waals surface area (Å²) in [7, 11) is 0. The number of aromatic nitrogens is 5. The molecule has 0 radical (unpaired) electrons. The maximum absolute atomic E-state index is 12.3. The molecule has 0 bridgehead atoms. The summed E-state index contributed by atoms with van der Waals surface area (Å²) in [6.45, 7) is 26.6. The molecule has 10 heterocycles. The van der Waals surface area contributed by atoms with Crippen molar-refractivity contribution in [2.75, 3.05) is 0 Å². The van der Waals surface area contributed by atoms with Crippen LogP contribution in [0.1, 0.15) is 143 Å². The van der Waals surface area contributed by atoms with E-state index in [1.54, 1.807) is 17.5 Å². The van der Waals surface area contributed by atoms with E-state index in [1.807, 2.05) is 158 Å². The summed E-state index contributed by atoms with van der Waals surface area (Å²) < 4.78 is 16.8. The third-order valence-electron chi connectivity index (χ3n) is 9.82. The van der Waals surface area contributed by atoms with E-state index in [0.29, 0.717) is 0 Å². The van der Waals surface area contributed by atoms with Gasteiger partial charge >= 0.3 is 0 Å². The average Bonchev–Trinajstić information content (AvgIpc) is 4.28. The highest BCUT2D eigenvalue weighted by Gasteiger charge is 2.05. The molecule has 0 saturated carbocycles. The topological polar surface area (TPSA) is 92.1 Å². The van der Waals surface area contributed by atoms with Crippen LogP contribution < -0.4 is 0 Å². The Morgan fingerprint density at radius 2 is 0.822 bits per heavy atom. The number of hydrogen-bond acceptors (Lipinski definition) is 5. The number of thiophene rings is 4. The van der Waals surface area contributed by atoms with Crippen molar-refractivity contribution in [3.05, 3.63) is 179 Å². The van der Waals surface area contributed by atoms with Crippen molar-refractivity contribution in [1.82, 2.24) is 24.9 Å². The first-order chi connectivity index (χ1) is 36.0. The van der Waals surface area contributed by atoms with Gasteiger partial charge in [0.15, 0.2) is 0 Å². The Labute approximate surface area is 456 Å². The second-order valence-electron chi connectivity index (χ2n) is 14.7. The molecule has 73 heavy (non-hydrogen) atoms. The van der Waals surface area contributed by atoms with Crippen LogP contribution in [0.5, 0.6) is 0 Å². The number of unbranched alkanes of at least 4 members (excludes halogenated alkanes) is 5. The highest BCUT2D eigenvalue weighted by Crippen LogP contribution is 2.30. The molecular weight excluding hydrogens is 978 g/mol. The van der Waals surface area contributed by atoms with Crippen molar-refractivity contribution in [1.29, 1.82) is 0 Å². The number of H-pyrrole nitrogens is 5. The molecule has 0 spiro atoms. The zero-order chi connectivity index (χ0) is 53.9. The molecule has 0 aromatic carbocycles. The van der Waals surface area contributed by atoms with E-state index in [2.05, 4.69) is 134 Å². The molecule has 6 nitrogen and oxygen atoms in total. The monoisotopic (exact) mass is 1070 g/mol. The second kappa shape index (κ2) is 42.9. The van der Waals surface area contributed by atoms with E-state index in [1.165, 1.54) is 127 Å². The van der Waals surface area contributed by atoms with Crippen LogP contribution in [0.3, 0.4) is 0 Å². The lowest BCUT2D eigenvalue weighted by Crippen LogP contribution is -1.80. The van der Waals surface area contributed by atoms with Crippen molar-refractivity contribution in [3.8, 4) is 53.5 Å². The molecule has 0 atom stereocenters. The van der Waals surface area contributed by atoms with Gasteiger partial charge in [-0.3, -0.25) is 0 Å². The first-order valence-corrected chi connectivity index (χ1v) is 30.0. The van der Waals surface area contributed by atoms with Crippen LogP contribution in [0.15, 0.2) is 162 Å². The van der Waals surface area contributed by atoms with Gasteiger partial charge in [-0.2, -0.15) is 4.39 Å². The van der Waals surface area contributed by atoms with Crippen LogP contribution >= 0.6 is 45.3 Å². The van der Waals surface area contributed by atoms with Gasteiger partial charge in [0.25, 0.3) is 6.01 Å². The number of rotatable bonds is 14. The molecule has 5 N–H and O–H groups in total. The van der Waals surface area contributed by atoms with E-state index in [4.69, 9.17) is 0 Å². The Hall–Kier alpha value is -5.59. The van der Waals surface area contributed by atoms with Gasteiger partial charge in [0, 0.05) is 62.9 Å². The highest BCUT2D eigenvalue weighted by atomic mass is 32.1. The quantitative estimate of drug-likeness (QED) is 0.0690. The number of hydrogen-bond donors (Lipinski definition) is 5. The van der Waals surface area contributed by atoms with E-state index in [0.717, 1.165) is 11.3 Å². The summed E-state index contributed by atoms with van der Waals surface area (Å²) >= 11 is 7.39. The molecule has 10 aromatic rings. The van der Waals surface area contributed by atoms with Crippen LogP contribution in [0.25, 0.3) is 53.5 Å². The first kappa shape index (κ1) is 65.4. The summed E-state index contributed by atoms with van der Waals surface area (Å²) in [6, 6.07) is 38.5. The molecule has 0 unspecified atom stereocenters. The lowest BCUT2D eigenvalue weighted by Gasteiger charge is -1.96. The summed E-state index contributed by atoms with van der Waals surface area (Å²) in [5.41, 5.74) is 6.48. The normalized spacial score (nSPS) is 9.45. The van der Waals surface area contributed by atoms with Gasteiger partial charge in [-0.15, -0.1) is 45.3 Å². The van der Waals surface area contributed by atoms with Crippen LogP contribution in [-0.4, -0.2) is 24.9 Å². The van der Waals surface area contributed by atoms with Crippen molar-refractivity contribution in [2.45, 2.75) is 148 Å². The molecule has 0 aliphatic heterocycles. The minimum atomic E-state index is -0.561. The van der Waals surface area contributed by atoms with Gasteiger partial charge in [-0.05, 0) is 141 Å². The third kappa shape index (κ3) is 25.8. The molecule has 0 aliphatic carbocycles. The van der Waals surface area contributed by atoms with Crippen LogP contribution in [0.2, 0.25) is 0 Å². The largest absolute Gasteiger partial charge is 0.439 e. The molecule has 11 heteroatoms. The van der Waals surface area contributed by atoms with Gasteiger partial charge in [-0.25, -0.2) is 0 Å². The molecular formula is C62H88FN5OS4. The molecule has 0 saturated heterocycles. The summed E-state index contributed by atoms with van der Waals surface area (Å²) in [4.78, 5) is 25.5. The van der Waals surface area contributed by atoms with E-state index < -0.39 is 6.01 Å². The number of halogens is 1. The van der Waals surface area contributed by atoms with Crippen LogP contribution in [0, 0.1) is 12.9 Å². The predicted molar refractivity (Wildman–Crippen MR) is 327 cm³/mol. The number of nitrogens with one attached hydrogen (secondary N) is 5. The van der Waals surface area contributed by atoms with Crippen LogP contribution in [-0.2, 0) is 12.8 Å². The van der Waals surface area contributed by atoms with Gasteiger partial charge in [0.05, 0.1) is 42.3 Å². The standard InChI is InChI=1S/C14H19NS.C13H17NS.C9H9NS.C8H6FNO.C8H7NS.5C2H6/c1-2-3-4-5-7-12-9-10-14(16-12)13-8-6-11-15-13;1-2-3-4-6-11-8-9-13(15-11)12-7-5-10-14-12;1-7-4-5-9(11-7)8-3-2-6-10-8;9-8-4-6(5-11-8)7-2-1-3-10-7;1-3-7(9-5-1)8-4-2-6-10-8;5*1-2/h6,8-11,15H,2-5,7H2,1H3;5,7-10,14H,2-4,6H2,1H3;2-6,10H,1H3;1-5,10H;1-6,9H;5*1-2H3. The molecule has 0 amide bonds. The predicted octanol–water partition coefficient (Wildman–Crippen LogP) is 22.7.